The minimum absolute atomic E-state index is 0.00238. The molecule has 144 valence electrons. The third-order valence-corrected chi connectivity index (χ3v) is 4.97. The molecule has 1 aliphatic carbocycles. The summed E-state index contributed by atoms with van der Waals surface area (Å²) < 4.78 is 5.32. The number of hydrogen-bond donors (Lipinski definition) is 2. The average molecular weight is 363 g/mol. The predicted octanol–water partition coefficient (Wildman–Crippen LogP) is 1.55. The summed E-state index contributed by atoms with van der Waals surface area (Å²) >= 11 is 0. The van der Waals surface area contributed by atoms with Gasteiger partial charge < -0.3 is 20.7 Å². The maximum Gasteiger partial charge on any atom is 0.408 e. The van der Waals surface area contributed by atoms with Gasteiger partial charge in [-0.2, -0.15) is 0 Å². The van der Waals surface area contributed by atoms with Gasteiger partial charge in [-0.3, -0.25) is 9.59 Å². The van der Waals surface area contributed by atoms with Gasteiger partial charge in [-0.25, -0.2) is 4.79 Å². The first-order valence-corrected chi connectivity index (χ1v) is 9.21. The number of carbonyl (C=O) groups is 3. The fourth-order valence-corrected chi connectivity index (χ4v) is 3.83. The fourth-order valence-electron chi connectivity index (χ4n) is 3.83. The van der Waals surface area contributed by atoms with Crippen molar-refractivity contribution in [1.29, 1.82) is 0 Å². The van der Waals surface area contributed by atoms with E-state index in [9.17, 15) is 14.4 Å². The molecule has 0 aromatic rings. The lowest BCUT2D eigenvalue weighted by Gasteiger charge is -2.33. The molecule has 2 fully saturated rings. The van der Waals surface area contributed by atoms with Gasteiger partial charge in [0.05, 0.1) is 6.04 Å². The third-order valence-electron chi connectivity index (χ3n) is 4.97. The standard InChI is InChI=1S/C19H29N3O4/c1-5-13-10-11-14(16(20)23)22(13)17(24)15(12-8-6-7-9-12)21-18(25)26-19(2,3)4/h1,12-15H,6-11H2,2-4H3,(H2,20,23)(H,21,25)/t13?,14-,15-/m0/s1. The molecule has 3 atom stereocenters. The summed E-state index contributed by atoms with van der Waals surface area (Å²) in [6, 6.07) is -1.97. The molecule has 1 aliphatic heterocycles. The van der Waals surface area contributed by atoms with E-state index in [1.165, 1.54) is 4.90 Å². The van der Waals surface area contributed by atoms with Crippen LogP contribution < -0.4 is 11.1 Å². The number of carbonyl (C=O) groups excluding carboxylic acids is 3. The lowest BCUT2D eigenvalue weighted by molar-refractivity contribution is -0.141. The van der Waals surface area contributed by atoms with Crippen molar-refractivity contribution >= 4 is 17.9 Å². The first-order valence-electron chi connectivity index (χ1n) is 9.21. The minimum atomic E-state index is -0.761. The molecule has 2 aliphatic rings. The first-order chi connectivity index (χ1) is 12.1. The molecule has 0 aromatic heterocycles. The Morgan fingerprint density at radius 1 is 1.19 bits per heavy atom. The summed E-state index contributed by atoms with van der Waals surface area (Å²) in [4.78, 5) is 38.7. The van der Waals surface area contributed by atoms with Crippen LogP contribution in [0.5, 0.6) is 0 Å². The highest BCUT2D eigenvalue weighted by molar-refractivity contribution is 5.92. The van der Waals surface area contributed by atoms with Gasteiger partial charge >= 0.3 is 6.09 Å². The minimum Gasteiger partial charge on any atom is -0.444 e. The number of alkyl carbamates (subject to hydrolysis) is 1. The molecule has 26 heavy (non-hydrogen) atoms. The first kappa shape index (κ1) is 20.1. The Balaban J connectivity index is 2.23. The van der Waals surface area contributed by atoms with Crippen LogP contribution in [0.1, 0.15) is 59.3 Å². The van der Waals surface area contributed by atoms with Crippen LogP contribution >= 0.6 is 0 Å². The summed E-state index contributed by atoms with van der Waals surface area (Å²) in [5.41, 5.74) is 4.80. The van der Waals surface area contributed by atoms with Crippen LogP contribution in [0.2, 0.25) is 0 Å². The number of nitrogens with zero attached hydrogens (tertiary/aromatic N) is 1. The lowest BCUT2D eigenvalue weighted by Crippen LogP contribution is -2.57. The fraction of sp³-hybridized carbons (Fsp3) is 0.737. The molecule has 3 amide bonds. The van der Waals surface area contributed by atoms with Gasteiger partial charge in [0.25, 0.3) is 0 Å². The second-order valence-electron chi connectivity index (χ2n) is 8.09. The smallest absolute Gasteiger partial charge is 0.408 e. The Hall–Kier alpha value is -2.23. The number of ether oxygens (including phenoxy) is 1. The molecule has 0 aromatic carbocycles. The van der Waals surface area contributed by atoms with Gasteiger partial charge in [0.15, 0.2) is 0 Å². The van der Waals surface area contributed by atoms with Crippen molar-refractivity contribution in [2.75, 3.05) is 0 Å². The van der Waals surface area contributed by atoms with Crippen molar-refractivity contribution < 1.29 is 19.1 Å². The molecule has 0 bridgehead atoms. The second-order valence-corrected chi connectivity index (χ2v) is 8.09. The number of hydrogen-bond acceptors (Lipinski definition) is 4. The summed E-state index contributed by atoms with van der Waals surface area (Å²) in [5, 5.41) is 2.72. The van der Waals surface area contributed by atoms with Crippen molar-refractivity contribution in [1.82, 2.24) is 10.2 Å². The second kappa shape index (κ2) is 7.98. The van der Waals surface area contributed by atoms with Crippen LogP contribution in [0.15, 0.2) is 0 Å². The van der Waals surface area contributed by atoms with Crippen molar-refractivity contribution in [3.05, 3.63) is 0 Å². The van der Waals surface area contributed by atoms with E-state index in [-0.39, 0.29) is 11.8 Å². The van der Waals surface area contributed by atoms with E-state index < -0.39 is 35.7 Å². The lowest BCUT2D eigenvalue weighted by atomic mass is 9.96. The zero-order valence-electron chi connectivity index (χ0n) is 15.8. The van der Waals surface area contributed by atoms with E-state index in [2.05, 4.69) is 11.2 Å². The molecule has 1 heterocycles. The highest BCUT2D eigenvalue weighted by Crippen LogP contribution is 2.32. The van der Waals surface area contributed by atoms with Gasteiger partial charge in [0, 0.05) is 0 Å². The summed E-state index contributed by atoms with van der Waals surface area (Å²) in [5.74, 6) is 1.66. The third kappa shape index (κ3) is 4.69. The van der Waals surface area contributed by atoms with Crippen LogP contribution in [0.4, 0.5) is 4.79 Å². The van der Waals surface area contributed by atoms with Crippen LogP contribution in [-0.2, 0) is 14.3 Å². The van der Waals surface area contributed by atoms with Gasteiger partial charge in [-0.15, -0.1) is 6.42 Å². The molecular weight excluding hydrogens is 334 g/mol. The number of nitrogens with two attached hydrogens (primary N) is 1. The van der Waals surface area contributed by atoms with Crippen molar-refractivity contribution in [2.45, 2.75) is 83.0 Å². The van der Waals surface area contributed by atoms with Crippen LogP contribution in [-0.4, -0.2) is 46.5 Å². The van der Waals surface area contributed by atoms with E-state index in [0.717, 1.165) is 25.7 Å². The zero-order valence-corrected chi connectivity index (χ0v) is 15.8. The Kier molecular flexibility index (Phi) is 6.17. The highest BCUT2D eigenvalue weighted by Gasteiger charge is 2.44. The van der Waals surface area contributed by atoms with Crippen LogP contribution in [0.25, 0.3) is 0 Å². The molecule has 0 radical (unpaired) electrons. The SMILES string of the molecule is C#CC1CC[C@@H](C(N)=O)N1C(=O)[C@@H](NC(=O)OC(C)(C)C)C1CCCC1. The molecule has 3 N–H and O–H groups in total. The monoisotopic (exact) mass is 363 g/mol. The van der Waals surface area contributed by atoms with Gasteiger partial charge in [-0.1, -0.05) is 18.8 Å². The molecule has 1 saturated carbocycles. The normalized spacial score (nSPS) is 24.8. The molecule has 1 unspecified atom stereocenters. The van der Waals surface area contributed by atoms with Crippen LogP contribution in [0, 0.1) is 18.3 Å². The van der Waals surface area contributed by atoms with E-state index in [0.29, 0.717) is 12.8 Å². The number of nitrogens with one attached hydrogen (secondary N) is 1. The Labute approximate surface area is 155 Å². The Bertz CT molecular complexity index is 599. The number of terminal acetylenes is 1. The van der Waals surface area contributed by atoms with Crippen molar-refractivity contribution in [3.63, 3.8) is 0 Å². The van der Waals surface area contributed by atoms with E-state index in [4.69, 9.17) is 16.9 Å². The number of rotatable bonds is 4. The number of primary amides is 1. The molecule has 0 spiro atoms. The topological polar surface area (TPSA) is 102 Å². The van der Waals surface area contributed by atoms with E-state index >= 15 is 0 Å². The quantitative estimate of drug-likeness (QED) is 0.740. The molecule has 2 rings (SSSR count). The summed E-state index contributed by atoms with van der Waals surface area (Å²) in [6.45, 7) is 5.28. The van der Waals surface area contributed by atoms with Gasteiger partial charge in [0.1, 0.15) is 17.7 Å². The summed E-state index contributed by atoms with van der Waals surface area (Å²) in [7, 11) is 0. The van der Waals surface area contributed by atoms with Crippen molar-refractivity contribution in [2.24, 2.45) is 11.7 Å². The van der Waals surface area contributed by atoms with Crippen LogP contribution in [0.3, 0.4) is 0 Å². The van der Waals surface area contributed by atoms with E-state index in [1.807, 2.05) is 0 Å². The molecule has 7 heteroatoms. The zero-order chi connectivity index (χ0) is 19.5. The Morgan fingerprint density at radius 2 is 1.81 bits per heavy atom. The summed E-state index contributed by atoms with van der Waals surface area (Å²) in [6.07, 6.45) is 9.56. The highest BCUT2D eigenvalue weighted by atomic mass is 16.6. The van der Waals surface area contributed by atoms with Gasteiger partial charge in [0.2, 0.25) is 11.8 Å². The van der Waals surface area contributed by atoms with E-state index in [1.54, 1.807) is 20.8 Å². The number of amides is 3. The maximum absolute atomic E-state index is 13.3. The predicted molar refractivity (Wildman–Crippen MR) is 96.8 cm³/mol. The molecule has 7 nitrogen and oxygen atoms in total. The number of likely N-dealkylation sites (tertiary alicyclic amines) is 1. The largest absolute Gasteiger partial charge is 0.444 e. The average Bonchev–Trinajstić information content (AvgIpc) is 3.19. The molecular formula is C19H29N3O4. The molecule has 1 saturated heterocycles. The van der Waals surface area contributed by atoms with Crippen molar-refractivity contribution in [3.8, 4) is 12.3 Å². The van der Waals surface area contributed by atoms with Gasteiger partial charge in [-0.05, 0) is 52.4 Å². The Morgan fingerprint density at radius 3 is 2.31 bits per heavy atom. The maximum atomic E-state index is 13.3.